The molecule has 92 valence electrons. The SMILES string of the molecule is N[C@@H]1CCn2c1nc1ccc([N+](=O)[O-])cc1c2=O. The van der Waals surface area contributed by atoms with Crippen LogP contribution in [0.15, 0.2) is 23.0 Å². The van der Waals surface area contributed by atoms with E-state index in [4.69, 9.17) is 5.73 Å². The molecule has 0 unspecified atom stereocenters. The van der Waals surface area contributed by atoms with E-state index in [0.717, 1.165) is 0 Å². The molecule has 3 rings (SSSR count). The zero-order valence-electron chi connectivity index (χ0n) is 9.37. The minimum atomic E-state index is -0.525. The van der Waals surface area contributed by atoms with Crippen LogP contribution >= 0.6 is 0 Å². The van der Waals surface area contributed by atoms with Gasteiger partial charge in [0.05, 0.1) is 21.9 Å². The molecule has 0 fully saturated rings. The van der Waals surface area contributed by atoms with Crippen molar-refractivity contribution in [2.45, 2.75) is 19.0 Å². The standard InChI is InChI=1S/C11H10N4O3/c12-8-3-4-14-10(8)13-9-2-1-6(15(17)18)5-7(9)11(14)16/h1-2,5,8H,3-4,12H2/t8-/m1/s1. The lowest BCUT2D eigenvalue weighted by atomic mass is 10.2. The highest BCUT2D eigenvalue weighted by atomic mass is 16.6. The first-order valence-electron chi connectivity index (χ1n) is 5.52. The molecule has 0 saturated heterocycles. The lowest BCUT2D eigenvalue weighted by Crippen LogP contribution is -2.22. The molecular weight excluding hydrogens is 236 g/mol. The second-order valence-corrected chi connectivity index (χ2v) is 4.28. The number of fused-ring (bicyclic) bond motifs is 2. The molecule has 1 aromatic carbocycles. The van der Waals surface area contributed by atoms with Crippen LogP contribution in [0, 0.1) is 10.1 Å². The van der Waals surface area contributed by atoms with Crippen LogP contribution in [0.5, 0.6) is 0 Å². The zero-order chi connectivity index (χ0) is 12.9. The molecule has 2 N–H and O–H groups in total. The van der Waals surface area contributed by atoms with Crippen LogP contribution in [0.3, 0.4) is 0 Å². The molecule has 1 aromatic heterocycles. The van der Waals surface area contributed by atoms with Gasteiger partial charge in [-0.3, -0.25) is 19.5 Å². The van der Waals surface area contributed by atoms with E-state index in [2.05, 4.69) is 4.98 Å². The van der Waals surface area contributed by atoms with Crippen LogP contribution in [0.25, 0.3) is 10.9 Å². The monoisotopic (exact) mass is 246 g/mol. The molecule has 0 aliphatic carbocycles. The third-order valence-corrected chi connectivity index (χ3v) is 3.17. The normalized spacial score (nSPS) is 17.9. The zero-order valence-corrected chi connectivity index (χ0v) is 9.37. The molecule has 0 saturated carbocycles. The second kappa shape index (κ2) is 3.61. The van der Waals surface area contributed by atoms with Crippen molar-refractivity contribution in [3.05, 3.63) is 44.5 Å². The van der Waals surface area contributed by atoms with E-state index in [1.807, 2.05) is 0 Å². The molecule has 0 radical (unpaired) electrons. The van der Waals surface area contributed by atoms with Gasteiger partial charge in [-0.25, -0.2) is 4.98 Å². The summed E-state index contributed by atoms with van der Waals surface area (Å²) in [5.41, 5.74) is 5.94. The summed E-state index contributed by atoms with van der Waals surface area (Å²) in [6.45, 7) is 0.515. The number of rotatable bonds is 1. The van der Waals surface area contributed by atoms with Gasteiger partial charge in [-0.2, -0.15) is 0 Å². The maximum Gasteiger partial charge on any atom is 0.270 e. The van der Waals surface area contributed by atoms with Gasteiger partial charge in [0, 0.05) is 18.7 Å². The number of nitro benzene ring substituents is 1. The summed E-state index contributed by atoms with van der Waals surface area (Å²) < 4.78 is 1.50. The topological polar surface area (TPSA) is 104 Å². The van der Waals surface area contributed by atoms with E-state index in [1.165, 1.54) is 22.8 Å². The second-order valence-electron chi connectivity index (χ2n) is 4.28. The summed E-state index contributed by atoms with van der Waals surface area (Å²) in [5, 5.41) is 11.0. The fourth-order valence-corrected chi connectivity index (χ4v) is 2.24. The lowest BCUT2D eigenvalue weighted by molar-refractivity contribution is -0.384. The Morgan fingerprint density at radius 2 is 2.28 bits per heavy atom. The molecule has 2 aromatic rings. The number of hydrogen-bond acceptors (Lipinski definition) is 5. The number of nitro groups is 1. The van der Waals surface area contributed by atoms with E-state index in [-0.39, 0.29) is 22.7 Å². The molecule has 1 atom stereocenters. The predicted octanol–water partition coefficient (Wildman–Crippen LogP) is 0.708. The van der Waals surface area contributed by atoms with E-state index >= 15 is 0 Å². The Kier molecular flexibility index (Phi) is 2.17. The molecule has 0 amide bonds. The summed E-state index contributed by atoms with van der Waals surface area (Å²) in [5.74, 6) is 0.557. The predicted molar refractivity (Wildman–Crippen MR) is 64.2 cm³/mol. The number of hydrogen-bond donors (Lipinski definition) is 1. The van der Waals surface area contributed by atoms with Gasteiger partial charge in [0.2, 0.25) is 0 Å². The van der Waals surface area contributed by atoms with Crippen LogP contribution in [0.2, 0.25) is 0 Å². The van der Waals surface area contributed by atoms with Gasteiger partial charge >= 0.3 is 0 Å². The van der Waals surface area contributed by atoms with Crippen molar-refractivity contribution in [2.24, 2.45) is 5.73 Å². The van der Waals surface area contributed by atoms with Gasteiger partial charge in [0.15, 0.2) is 0 Å². The first-order chi connectivity index (χ1) is 8.58. The maximum absolute atomic E-state index is 12.2. The van der Waals surface area contributed by atoms with Crippen molar-refractivity contribution in [1.29, 1.82) is 0 Å². The number of non-ortho nitro benzene ring substituents is 1. The van der Waals surface area contributed by atoms with E-state index in [1.54, 1.807) is 0 Å². The van der Waals surface area contributed by atoms with E-state index < -0.39 is 4.92 Å². The van der Waals surface area contributed by atoms with Crippen molar-refractivity contribution in [2.75, 3.05) is 0 Å². The summed E-state index contributed by atoms with van der Waals surface area (Å²) in [6.07, 6.45) is 0.667. The minimum Gasteiger partial charge on any atom is -0.321 e. The summed E-state index contributed by atoms with van der Waals surface area (Å²) in [6, 6.07) is 3.85. The molecular formula is C11H10N4O3. The molecule has 1 aliphatic heterocycles. The van der Waals surface area contributed by atoms with Gasteiger partial charge in [-0.05, 0) is 12.5 Å². The lowest BCUT2D eigenvalue weighted by Gasteiger charge is -2.06. The average Bonchev–Trinajstić information content (AvgIpc) is 2.71. The number of benzene rings is 1. The molecule has 18 heavy (non-hydrogen) atoms. The maximum atomic E-state index is 12.2. The molecule has 7 nitrogen and oxygen atoms in total. The van der Waals surface area contributed by atoms with E-state index in [0.29, 0.717) is 24.3 Å². The number of nitrogens with two attached hydrogens (primary N) is 1. The Labute approximate surface area is 101 Å². The van der Waals surface area contributed by atoms with Crippen LogP contribution < -0.4 is 11.3 Å². The molecule has 0 spiro atoms. The third-order valence-electron chi connectivity index (χ3n) is 3.17. The Hall–Kier alpha value is -2.28. The van der Waals surface area contributed by atoms with Gasteiger partial charge in [0.25, 0.3) is 11.2 Å². The first kappa shape index (κ1) is 10.8. The fourth-order valence-electron chi connectivity index (χ4n) is 2.24. The Balaban J connectivity index is 2.36. The van der Waals surface area contributed by atoms with Gasteiger partial charge in [-0.1, -0.05) is 0 Å². The van der Waals surface area contributed by atoms with Crippen LogP contribution in [-0.4, -0.2) is 14.5 Å². The van der Waals surface area contributed by atoms with Crippen molar-refractivity contribution < 1.29 is 4.92 Å². The van der Waals surface area contributed by atoms with Gasteiger partial charge < -0.3 is 5.73 Å². The average molecular weight is 246 g/mol. The quantitative estimate of drug-likeness (QED) is 0.589. The Morgan fingerprint density at radius 1 is 1.50 bits per heavy atom. The largest absolute Gasteiger partial charge is 0.321 e. The number of aromatic nitrogens is 2. The summed E-state index contributed by atoms with van der Waals surface area (Å²) in [7, 11) is 0. The first-order valence-corrected chi connectivity index (χ1v) is 5.52. The smallest absolute Gasteiger partial charge is 0.270 e. The Morgan fingerprint density at radius 3 is 3.00 bits per heavy atom. The summed E-state index contributed by atoms with van der Waals surface area (Å²) in [4.78, 5) is 26.7. The van der Waals surface area contributed by atoms with Crippen molar-refractivity contribution in [3.8, 4) is 0 Å². The minimum absolute atomic E-state index is 0.107. The number of nitrogens with zero attached hydrogens (tertiary/aromatic N) is 3. The van der Waals surface area contributed by atoms with E-state index in [9.17, 15) is 14.9 Å². The van der Waals surface area contributed by atoms with Crippen LogP contribution in [0.4, 0.5) is 5.69 Å². The summed E-state index contributed by atoms with van der Waals surface area (Å²) >= 11 is 0. The highest BCUT2D eigenvalue weighted by molar-refractivity contribution is 5.80. The highest BCUT2D eigenvalue weighted by Gasteiger charge is 2.23. The van der Waals surface area contributed by atoms with Crippen molar-refractivity contribution in [3.63, 3.8) is 0 Å². The fraction of sp³-hybridized carbons (Fsp3) is 0.273. The Bertz CT molecular complexity index is 722. The van der Waals surface area contributed by atoms with Gasteiger partial charge in [0.1, 0.15) is 5.82 Å². The molecule has 7 heteroatoms. The highest BCUT2D eigenvalue weighted by Crippen LogP contribution is 2.23. The van der Waals surface area contributed by atoms with Crippen molar-refractivity contribution >= 4 is 16.6 Å². The van der Waals surface area contributed by atoms with Gasteiger partial charge in [-0.15, -0.1) is 0 Å². The van der Waals surface area contributed by atoms with Crippen LogP contribution in [0.1, 0.15) is 18.3 Å². The molecule has 2 heterocycles. The van der Waals surface area contributed by atoms with Crippen LogP contribution in [-0.2, 0) is 6.54 Å². The third kappa shape index (κ3) is 1.41. The van der Waals surface area contributed by atoms with Crippen molar-refractivity contribution in [1.82, 2.24) is 9.55 Å². The molecule has 1 aliphatic rings. The molecule has 0 bridgehead atoms.